The molecule has 0 amide bonds. The van der Waals surface area contributed by atoms with Gasteiger partial charge in [-0.15, -0.1) is 0 Å². The molecule has 0 spiro atoms. The van der Waals surface area contributed by atoms with Gasteiger partial charge < -0.3 is 15.6 Å². The Morgan fingerprint density at radius 1 is 1.00 bits per heavy atom. The molecule has 0 radical (unpaired) electrons. The third kappa shape index (κ3) is 8.25. The fourth-order valence-electron chi connectivity index (χ4n) is 2.74. The van der Waals surface area contributed by atoms with Crippen molar-refractivity contribution < 1.29 is 19.4 Å². The molecule has 0 aliphatic heterocycles. The van der Waals surface area contributed by atoms with Crippen molar-refractivity contribution >= 4 is 17.6 Å². The second-order valence-electron chi connectivity index (χ2n) is 7.69. The van der Waals surface area contributed by atoms with E-state index in [4.69, 9.17) is 10.5 Å². The van der Waals surface area contributed by atoms with E-state index in [0.29, 0.717) is 5.69 Å². The number of nitrogen functional groups attached to an aromatic ring is 1. The van der Waals surface area contributed by atoms with Gasteiger partial charge in [-0.25, -0.2) is 15.0 Å². The van der Waals surface area contributed by atoms with Crippen LogP contribution in [0.5, 0.6) is 0 Å². The zero-order valence-corrected chi connectivity index (χ0v) is 17.4. The minimum Gasteiger partial charge on any atom is -0.480 e. The number of hydrogen-bond acceptors (Lipinski definition) is 7. The van der Waals surface area contributed by atoms with Crippen LogP contribution in [0, 0.1) is 17.3 Å². The van der Waals surface area contributed by atoms with Crippen LogP contribution in [0.2, 0.25) is 0 Å². The zero-order chi connectivity index (χ0) is 21.9. The van der Waals surface area contributed by atoms with Gasteiger partial charge in [0.15, 0.2) is 5.41 Å². The number of carboxylic acids is 1. The molecule has 0 aliphatic rings. The molecule has 1 aromatic heterocycles. The van der Waals surface area contributed by atoms with E-state index in [1.807, 2.05) is 27.7 Å². The molecule has 1 aromatic carbocycles. The third-order valence-corrected chi connectivity index (χ3v) is 3.99. The van der Waals surface area contributed by atoms with Crippen LogP contribution in [0.3, 0.4) is 0 Å². The second kappa shape index (κ2) is 11.7. The number of anilines is 1. The highest BCUT2D eigenvalue weighted by molar-refractivity contribution is 5.99. The topological polar surface area (TPSA) is 128 Å². The van der Waals surface area contributed by atoms with Crippen LogP contribution >= 0.6 is 0 Å². The molecule has 29 heavy (non-hydrogen) atoms. The number of aliphatic carboxylic acids is 1. The minimum atomic E-state index is -1.57. The third-order valence-electron chi connectivity index (χ3n) is 3.99. The minimum absolute atomic E-state index is 0.0477. The lowest BCUT2D eigenvalue weighted by Crippen LogP contribution is -2.44. The summed E-state index contributed by atoms with van der Waals surface area (Å²) in [6.45, 7) is 7.84. The van der Waals surface area contributed by atoms with Gasteiger partial charge in [0.2, 0.25) is 0 Å². The first-order valence-electron chi connectivity index (χ1n) is 9.47. The summed E-state index contributed by atoms with van der Waals surface area (Å²) < 4.78 is 5.28. The quantitative estimate of drug-likeness (QED) is 0.392. The van der Waals surface area contributed by atoms with Gasteiger partial charge in [-0.2, -0.15) is 0 Å². The smallest absolute Gasteiger partial charge is 0.323 e. The molecule has 158 valence electrons. The first-order valence-corrected chi connectivity index (χ1v) is 9.47. The summed E-state index contributed by atoms with van der Waals surface area (Å²) in [6.07, 6.45) is 4.63. The van der Waals surface area contributed by atoms with E-state index in [9.17, 15) is 14.7 Å². The monoisotopic (exact) mass is 402 g/mol. The van der Waals surface area contributed by atoms with Crippen molar-refractivity contribution in [2.45, 2.75) is 40.5 Å². The van der Waals surface area contributed by atoms with Gasteiger partial charge in [-0.1, -0.05) is 39.8 Å². The molecule has 0 bridgehead atoms. The first-order chi connectivity index (χ1) is 13.7. The number of hydrogen-bond donors (Lipinski definition) is 2. The number of benzene rings is 1. The molecular formula is C21H30N4O4. The lowest BCUT2D eigenvalue weighted by atomic mass is 9.75. The summed E-state index contributed by atoms with van der Waals surface area (Å²) in [5.41, 5.74) is 5.45. The molecule has 0 aliphatic carbocycles. The average Bonchev–Trinajstić information content (AvgIpc) is 2.68. The van der Waals surface area contributed by atoms with Crippen LogP contribution in [0.15, 0.2) is 43.2 Å². The summed E-state index contributed by atoms with van der Waals surface area (Å²) in [7, 11) is 0. The van der Waals surface area contributed by atoms with Gasteiger partial charge in [-0.3, -0.25) is 9.59 Å². The van der Waals surface area contributed by atoms with E-state index in [0.717, 1.165) is 5.56 Å². The normalized spacial score (nSPS) is 12.6. The number of carbonyl (C=O) groups excluding carboxylic acids is 1. The number of ether oxygens (including phenoxy) is 1. The van der Waals surface area contributed by atoms with Crippen LogP contribution < -0.4 is 5.73 Å². The molecule has 1 unspecified atom stereocenters. The summed E-state index contributed by atoms with van der Waals surface area (Å²) in [6, 6.07) is 6.92. The fraction of sp³-hybridized carbons (Fsp3) is 0.476. The molecule has 8 nitrogen and oxygen atoms in total. The first kappa shape index (κ1) is 24.0. The summed E-state index contributed by atoms with van der Waals surface area (Å²) in [5.74, 6) is -1.60. The maximum atomic E-state index is 12.6. The Morgan fingerprint density at radius 2 is 1.52 bits per heavy atom. The highest BCUT2D eigenvalue weighted by Gasteiger charge is 2.48. The van der Waals surface area contributed by atoms with Crippen molar-refractivity contribution in [1.82, 2.24) is 15.0 Å². The number of carboxylic acid groups (broad SMARTS) is 1. The van der Waals surface area contributed by atoms with Crippen LogP contribution in [-0.4, -0.2) is 38.6 Å². The molecule has 0 fully saturated rings. The molecular weight excluding hydrogens is 372 g/mol. The van der Waals surface area contributed by atoms with Gasteiger partial charge in [0.25, 0.3) is 0 Å². The maximum Gasteiger partial charge on any atom is 0.323 e. The standard InChI is InChI=1S/C18H27NO4.C3H3N3/c1-12(2)9-18(16(20)21,17(22)23-11-13(3)4)10-14-5-7-15(19)8-6-14;1-4-2-6-3-5-1/h5-8,12-13H,9-11,19H2,1-4H3,(H,20,21);1-3H. The number of nitrogens with zero attached hydrogens (tertiary/aromatic N) is 3. The van der Waals surface area contributed by atoms with Crippen molar-refractivity contribution in [3.8, 4) is 0 Å². The SMILES string of the molecule is CC(C)COC(=O)C(Cc1ccc(N)cc1)(CC(C)C)C(=O)O.c1ncncn1. The Kier molecular flexibility index (Phi) is 9.71. The van der Waals surface area contributed by atoms with Crippen molar-refractivity contribution in [1.29, 1.82) is 0 Å². The Labute approximate surface area is 171 Å². The Balaban J connectivity index is 0.000000594. The number of rotatable bonds is 8. The van der Waals surface area contributed by atoms with E-state index in [-0.39, 0.29) is 31.3 Å². The highest BCUT2D eigenvalue weighted by atomic mass is 16.5. The van der Waals surface area contributed by atoms with Crippen LogP contribution in [0.4, 0.5) is 5.69 Å². The van der Waals surface area contributed by atoms with Crippen molar-refractivity contribution in [2.24, 2.45) is 17.3 Å². The molecule has 0 saturated heterocycles. The number of aromatic nitrogens is 3. The maximum absolute atomic E-state index is 12.6. The zero-order valence-electron chi connectivity index (χ0n) is 17.4. The number of carbonyl (C=O) groups is 2. The summed E-state index contributed by atoms with van der Waals surface area (Å²) in [5, 5.41) is 9.80. The predicted molar refractivity (Wildman–Crippen MR) is 110 cm³/mol. The van der Waals surface area contributed by atoms with E-state index in [2.05, 4.69) is 15.0 Å². The van der Waals surface area contributed by atoms with Gasteiger partial charge >= 0.3 is 11.9 Å². The lowest BCUT2D eigenvalue weighted by Gasteiger charge is -2.29. The summed E-state index contributed by atoms with van der Waals surface area (Å²) >= 11 is 0. The Bertz CT molecular complexity index is 724. The van der Waals surface area contributed by atoms with Crippen LogP contribution in [0.1, 0.15) is 39.7 Å². The number of nitrogens with two attached hydrogens (primary N) is 1. The van der Waals surface area contributed by atoms with Crippen LogP contribution in [0.25, 0.3) is 0 Å². The molecule has 2 aromatic rings. The van der Waals surface area contributed by atoms with E-state index in [1.165, 1.54) is 19.0 Å². The molecule has 0 saturated carbocycles. The molecule has 1 heterocycles. The predicted octanol–water partition coefficient (Wildman–Crippen LogP) is 3.00. The Hall–Kier alpha value is -3.03. The molecule has 2 rings (SSSR count). The largest absolute Gasteiger partial charge is 0.480 e. The van der Waals surface area contributed by atoms with Gasteiger partial charge in [0.05, 0.1) is 6.61 Å². The van der Waals surface area contributed by atoms with Crippen molar-refractivity contribution in [3.63, 3.8) is 0 Å². The van der Waals surface area contributed by atoms with Crippen molar-refractivity contribution in [2.75, 3.05) is 12.3 Å². The second-order valence-corrected chi connectivity index (χ2v) is 7.69. The summed E-state index contributed by atoms with van der Waals surface area (Å²) in [4.78, 5) is 35.3. The lowest BCUT2D eigenvalue weighted by molar-refractivity contribution is -0.171. The average molecular weight is 402 g/mol. The fourth-order valence-corrected chi connectivity index (χ4v) is 2.74. The highest BCUT2D eigenvalue weighted by Crippen LogP contribution is 2.33. The van der Waals surface area contributed by atoms with E-state index < -0.39 is 17.4 Å². The molecule has 1 atom stereocenters. The molecule has 8 heteroatoms. The Morgan fingerprint density at radius 3 is 1.90 bits per heavy atom. The van der Waals surface area contributed by atoms with Gasteiger partial charge in [-0.05, 0) is 42.4 Å². The van der Waals surface area contributed by atoms with Gasteiger partial charge in [0, 0.05) is 5.69 Å². The molecule has 3 N–H and O–H groups in total. The van der Waals surface area contributed by atoms with E-state index in [1.54, 1.807) is 24.3 Å². The number of esters is 1. The van der Waals surface area contributed by atoms with Crippen LogP contribution in [-0.2, 0) is 20.7 Å². The van der Waals surface area contributed by atoms with Gasteiger partial charge in [0.1, 0.15) is 19.0 Å². The van der Waals surface area contributed by atoms with Crippen molar-refractivity contribution in [3.05, 3.63) is 48.8 Å². The van der Waals surface area contributed by atoms with E-state index >= 15 is 0 Å².